The lowest BCUT2D eigenvalue weighted by Gasteiger charge is -2.11. The van der Waals surface area contributed by atoms with Crippen molar-refractivity contribution in [2.45, 2.75) is 11.1 Å². The highest BCUT2D eigenvalue weighted by Crippen LogP contribution is 2.36. The third-order valence-electron chi connectivity index (χ3n) is 2.74. The fourth-order valence-electron chi connectivity index (χ4n) is 1.70. The minimum atomic E-state index is -4.57. The maximum atomic E-state index is 12.8. The topological polar surface area (TPSA) is 29.1 Å². The third-order valence-corrected chi connectivity index (χ3v) is 4.61. The number of benzene rings is 2. The summed E-state index contributed by atoms with van der Waals surface area (Å²) in [5.74, 6) is -0.306. The molecular weight excluding hydrogens is 415 g/mol. The minimum Gasteiger partial charge on any atom is -0.325 e. The standard InChI is InChI=1S/C15H10BrClF3NOS/c16-9-1-4-11(5-2-9)23-8-14(22)21-10-3-6-13(17)12(7-10)15(18,19)20/h1-7H,8H2,(H,21,22). The van der Waals surface area contributed by atoms with Crippen molar-refractivity contribution in [1.29, 1.82) is 0 Å². The fraction of sp³-hybridized carbons (Fsp3) is 0.133. The molecule has 23 heavy (non-hydrogen) atoms. The summed E-state index contributed by atoms with van der Waals surface area (Å²) in [7, 11) is 0. The number of amides is 1. The summed E-state index contributed by atoms with van der Waals surface area (Å²) in [6, 6.07) is 10.6. The van der Waals surface area contributed by atoms with Gasteiger partial charge in [-0.1, -0.05) is 27.5 Å². The lowest BCUT2D eigenvalue weighted by Crippen LogP contribution is -2.15. The van der Waals surface area contributed by atoms with Gasteiger partial charge < -0.3 is 5.32 Å². The van der Waals surface area contributed by atoms with E-state index in [0.717, 1.165) is 21.5 Å². The summed E-state index contributed by atoms with van der Waals surface area (Å²) in [6.07, 6.45) is -4.57. The quantitative estimate of drug-likeness (QED) is 0.624. The van der Waals surface area contributed by atoms with E-state index in [4.69, 9.17) is 11.6 Å². The van der Waals surface area contributed by atoms with E-state index in [2.05, 4.69) is 21.2 Å². The average Bonchev–Trinajstić information content (AvgIpc) is 2.47. The molecule has 0 radical (unpaired) electrons. The van der Waals surface area contributed by atoms with Crippen molar-refractivity contribution in [2.75, 3.05) is 11.1 Å². The predicted molar refractivity (Wildman–Crippen MR) is 89.9 cm³/mol. The Morgan fingerprint density at radius 3 is 2.43 bits per heavy atom. The zero-order chi connectivity index (χ0) is 17.0. The van der Waals surface area contributed by atoms with Crippen molar-refractivity contribution in [3.8, 4) is 0 Å². The number of nitrogens with one attached hydrogen (secondary N) is 1. The number of carbonyl (C=O) groups excluding carboxylic acids is 1. The number of thioether (sulfide) groups is 1. The molecule has 8 heteroatoms. The van der Waals surface area contributed by atoms with Crippen LogP contribution in [0.4, 0.5) is 18.9 Å². The molecule has 0 bridgehead atoms. The van der Waals surface area contributed by atoms with Gasteiger partial charge in [0.25, 0.3) is 0 Å². The van der Waals surface area contributed by atoms with Crippen molar-refractivity contribution in [2.24, 2.45) is 0 Å². The average molecular weight is 425 g/mol. The Morgan fingerprint density at radius 1 is 1.17 bits per heavy atom. The molecule has 0 saturated heterocycles. The first-order valence-corrected chi connectivity index (χ1v) is 8.46. The lowest BCUT2D eigenvalue weighted by atomic mass is 10.2. The number of hydrogen-bond donors (Lipinski definition) is 1. The Hall–Kier alpha value is -1.18. The largest absolute Gasteiger partial charge is 0.417 e. The molecule has 2 nitrogen and oxygen atoms in total. The number of rotatable bonds is 4. The van der Waals surface area contributed by atoms with Crippen molar-refractivity contribution in [3.05, 3.63) is 57.5 Å². The van der Waals surface area contributed by atoms with Gasteiger partial charge in [0, 0.05) is 15.1 Å². The van der Waals surface area contributed by atoms with Crippen molar-refractivity contribution >= 4 is 50.9 Å². The van der Waals surface area contributed by atoms with Crippen molar-refractivity contribution in [1.82, 2.24) is 0 Å². The van der Waals surface area contributed by atoms with Crippen LogP contribution in [0.1, 0.15) is 5.56 Å². The molecule has 122 valence electrons. The molecule has 1 amide bonds. The Labute approximate surface area is 148 Å². The zero-order valence-corrected chi connectivity index (χ0v) is 14.6. The van der Waals surface area contributed by atoms with Crippen LogP contribution in [0.5, 0.6) is 0 Å². The molecule has 0 aliphatic rings. The van der Waals surface area contributed by atoms with E-state index in [1.54, 1.807) is 0 Å². The molecule has 1 N–H and O–H groups in total. The first kappa shape index (κ1) is 18.2. The van der Waals surface area contributed by atoms with Gasteiger partial charge in [-0.05, 0) is 42.5 Å². The second-order valence-electron chi connectivity index (χ2n) is 4.48. The number of halogens is 5. The van der Waals surface area contributed by atoms with Crippen LogP contribution in [0.25, 0.3) is 0 Å². The summed E-state index contributed by atoms with van der Waals surface area (Å²) in [5.41, 5.74) is -0.916. The molecule has 2 rings (SSSR count). The Morgan fingerprint density at radius 2 is 1.83 bits per heavy atom. The molecule has 0 saturated carbocycles. The molecule has 0 atom stereocenters. The molecule has 0 heterocycles. The van der Waals surface area contributed by atoms with Crippen LogP contribution in [0.2, 0.25) is 5.02 Å². The van der Waals surface area contributed by atoms with E-state index in [0.29, 0.717) is 0 Å². The summed E-state index contributed by atoms with van der Waals surface area (Å²) >= 11 is 10.1. The maximum absolute atomic E-state index is 12.8. The molecule has 0 spiro atoms. The zero-order valence-electron chi connectivity index (χ0n) is 11.5. The van der Waals surface area contributed by atoms with E-state index in [-0.39, 0.29) is 11.4 Å². The lowest BCUT2D eigenvalue weighted by molar-refractivity contribution is -0.137. The molecule has 0 aromatic heterocycles. The van der Waals surface area contributed by atoms with E-state index in [1.807, 2.05) is 24.3 Å². The van der Waals surface area contributed by atoms with Gasteiger partial charge in [-0.3, -0.25) is 4.79 Å². The van der Waals surface area contributed by atoms with Gasteiger partial charge in [0.2, 0.25) is 5.91 Å². The van der Waals surface area contributed by atoms with Crippen LogP contribution in [-0.4, -0.2) is 11.7 Å². The highest BCUT2D eigenvalue weighted by atomic mass is 79.9. The summed E-state index contributed by atoms with van der Waals surface area (Å²) < 4.78 is 39.2. The monoisotopic (exact) mass is 423 g/mol. The van der Waals surface area contributed by atoms with Crippen LogP contribution in [0.3, 0.4) is 0 Å². The second kappa shape index (κ2) is 7.59. The second-order valence-corrected chi connectivity index (χ2v) is 6.85. The molecule has 0 fully saturated rings. The normalized spacial score (nSPS) is 11.3. The van der Waals surface area contributed by atoms with Gasteiger partial charge in [-0.25, -0.2) is 0 Å². The van der Waals surface area contributed by atoms with Crippen LogP contribution in [0, 0.1) is 0 Å². The summed E-state index contributed by atoms with van der Waals surface area (Å²) in [4.78, 5) is 12.7. The molecule has 2 aromatic carbocycles. The van der Waals surface area contributed by atoms with Crippen LogP contribution in [0.15, 0.2) is 51.8 Å². The summed E-state index contributed by atoms with van der Waals surface area (Å²) in [6.45, 7) is 0. The van der Waals surface area contributed by atoms with Crippen LogP contribution < -0.4 is 5.32 Å². The van der Waals surface area contributed by atoms with Crippen LogP contribution >= 0.6 is 39.3 Å². The smallest absolute Gasteiger partial charge is 0.325 e. The molecular formula is C15H10BrClF3NOS. The maximum Gasteiger partial charge on any atom is 0.417 e. The number of carbonyl (C=O) groups is 1. The van der Waals surface area contributed by atoms with Gasteiger partial charge in [0.05, 0.1) is 16.3 Å². The predicted octanol–water partition coefficient (Wildman–Crippen LogP) is 5.85. The van der Waals surface area contributed by atoms with E-state index >= 15 is 0 Å². The first-order chi connectivity index (χ1) is 10.8. The number of hydrogen-bond acceptors (Lipinski definition) is 2. The van der Waals surface area contributed by atoms with E-state index in [9.17, 15) is 18.0 Å². The van der Waals surface area contributed by atoms with Crippen molar-refractivity contribution < 1.29 is 18.0 Å². The van der Waals surface area contributed by atoms with Crippen LogP contribution in [-0.2, 0) is 11.0 Å². The summed E-state index contributed by atoms with van der Waals surface area (Å²) in [5, 5.41) is 2.03. The Kier molecular flexibility index (Phi) is 6.00. The number of alkyl halides is 3. The van der Waals surface area contributed by atoms with E-state index < -0.39 is 22.7 Å². The highest BCUT2D eigenvalue weighted by Gasteiger charge is 2.33. The molecule has 0 aliphatic heterocycles. The first-order valence-electron chi connectivity index (χ1n) is 6.30. The van der Waals surface area contributed by atoms with Gasteiger partial charge in [-0.2, -0.15) is 13.2 Å². The highest BCUT2D eigenvalue weighted by molar-refractivity contribution is 9.10. The van der Waals surface area contributed by atoms with Crippen molar-refractivity contribution in [3.63, 3.8) is 0 Å². The molecule has 0 unspecified atom stereocenters. The third kappa shape index (κ3) is 5.44. The number of anilines is 1. The molecule has 2 aromatic rings. The van der Waals surface area contributed by atoms with Gasteiger partial charge in [-0.15, -0.1) is 11.8 Å². The van der Waals surface area contributed by atoms with Gasteiger partial charge in [0.1, 0.15) is 0 Å². The minimum absolute atomic E-state index is 0.0585. The SMILES string of the molecule is O=C(CSc1ccc(Br)cc1)Nc1ccc(Cl)c(C(F)(F)F)c1. The van der Waals surface area contributed by atoms with Gasteiger partial charge >= 0.3 is 6.18 Å². The fourth-order valence-corrected chi connectivity index (χ4v) is 2.88. The van der Waals surface area contributed by atoms with Gasteiger partial charge in [0.15, 0.2) is 0 Å². The van der Waals surface area contributed by atoms with E-state index in [1.165, 1.54) is 17.8 Å². The Bertz CT molecular complexity index is 707. The Balaban J connectivity index is 1.99. The molecule has 0 aliphatic carbocycles.